The van der Waals surface area contributed by atoms with E-state index in [4.69, 9.17) is 4.74 Å². The van der Waals surface area contributed by atoms with Crippen molar-refractivity contribution in [3.8, 4) is 11.5 Å². The van der Waals surface area contributed by atoms with Crippen molar-refractivity contribution in [2.75, 3.05) is 18.9 Å². The van der Waals surface area contributed by atoms with Crippen molar-refractivity contribution in [3.05, 3.63) is 59.2 Å². The molecule has 4 rings (SSSR count). The van der Waals surface area contributed by atoms with Gasteiger partial charge in [0.1, 0.15) is 22.6 Å². The van der Waals surface area contributed by atoms with Crippen LogP contribution < -0.4 is 4.74 Å². The molecule has 6 heteroatoms. The van der Waals surface area contributed by atoms with E-state index in [0.717, 1.165) is 22.8 Å². The molecule has 0 aromatic heterocycles. The molecule has 0 radical (unpaired) electrons. The summed E-state index contributed by atoms with van der Waals surface area (Å²) in [4.78, 5) is 19.5. The maximum absolute atomic E-state index is 13.0. The Labute approximate surface area is 163 Å². The van der Waals surface area contributed by atoms with Crippen LogP contribution >= 0.6 is 11.8 Å². The molecule has 0 saturated carbocycles. The number of hydrogen-bond donors (Lipinski definition) is 1. The number of amides is 1. The molecule has 0 spiro atoms. The normalized spacial score (nSPS) is 18.8. The van der Waals surface area contributed by atoms with Gasteiger partial charge in [-0.2, -0.15) is 0 Å². The van der Waals surface area contributed by atoms with Gasteiger partial charge in [0, 0.05) is 24.4 Å². The molecule has 2 aliphatic heterocycles. The average Bonchev–Trinajstić information content (AvgIpc) is 3.17. The number of carbonyl (C=O) groups excluding carboxylic acids is 1. The minimum Gasteiger partial charge on any atom is -0.507 e. The van der Waals surface area contributed by atoms with Crippen LogP contribution in [0, 0.1) is 0 Å². The average molecular weight is 382 g/mol. The van der Waals surface area contributed by atoms with Gasteiger partial charge in [-0.15, -0.1) is 11.8 Å². The summed E-state index contributed by atoms with van der Waals surface area (Å²) >= 11 is 1.53. The summed E-state index contributed by atoms with van der Waals surface area (Å²) in [6.45, 7) is 3.90. The van der Waals surface area contributed by atoms with Gasteiger partial charge in [-0.3, -0.25) is 9.79 Å². The summed E-state index contributed by atoms with van der Waals surface area (Å²) in [5.74, 6) is 1.72. The molecular weight excluding hydrogens is 360 g/mol. The molecule has 27 heavy (non-hydrogen) atoms. The van der Waals surface area contributed by atoms with E-state index >= 15 is 0 Å². The Hall–Kier alpha value is -2.47. The summed E-state index contributed by atoms with van der Waals surface area (Å²) < 4.78 is 5.59. The number of carbonyl (C=O) groups is 1. The lowest BCUT2D eigenvalue weighted by Crippen LogP contribution is -2.41. The minimum atomic E-state index is -0.388. The summed E-state index contributed by atoms with van der Waals surface area (Å²) in [5, 5.41) is 10.8. The second kappa shape index (κ2) is 7.64. The van der Waals surface area contributed by atoms with Crippen molar-refractivity contribution in [3.63, 3.8) is 0 Å². The van der Waals surface area contributed by atoms with Gasteiger partial charge in [0.15, 0.2) is 0 Å². The Kier molecular flexibility index (Phi) is 5.07. The van der Waals surface area contributed by atoms with Crippen molar-refractivity contribution in [2.45, 2.75) is 25.9 Å². The van der Waals surface area contributed by atoms with Crippen LogP contribution in [0.4, 0.5) is 0 Å². The zero-order chi connectivity index (χ0) is 18.8. The van der Waals surface area contributed by atoms with Crippen LogP contribution in [0.1, 0.15) is 23.6 Å². The largest absolute Gasteiger partial charge is 0.507 e. The van der Waals surface area contributed by atoms with E-state index in [1.807, 2.05) is 36.1 Å². The lowest BCUT2D eigenvalue weighted by atomic mass is 9.99. The number of phenols is 1. The number of phenolic OH excluding ortho intramolecular Hbond substituents is 1. The molecule has 0 bridgehead atoms. The van der Waals surface area contributed by atoms with Crippen molar-refractivity contribution in [2.24, 2.45) is 4.99 Å². The van der Waals surface area contributed by atoms with Crippen LogP contribution in [0.3, 0.4) is 0 Å². The molecule has 1 atom stereocenters. The Bertz CT molecular complexity index is 897. The van der Waals surface area contributed by atoms with Gasteiger partial charge in [-0.05, 0) is 48.7 Å². The van der Waals surface area contributed by atoms with Crippen LogP contribution in [0.15, 0.2) is 47.5 Å². The monoisotopic (exact) mass is 382 g/mol. The fourth-order valence-electron chi connectivity index (χ4n) is 3.49. The van der Waals surface area contributed by atoms with Crippen molar-refractivity contribution < 1.29 is 14.6 Å². The first-order valence-electron chi connectivity index (χ1n) is 9.18. The van der Waals surface area contributed by atoms with Crippen LogP contribution in [-0.2, 0) is 17.8 Å². The highest BCUT2D eigenvalue weighted by Gasteiger charge is 2.31. The van der Waals surface area contributed by atoms with E-state index in [1.165, 1.54) is 17.3 Å². The maximum atomic E-state index is 13.0. The lowest BCUT2D eigenvalue weighted by molar-refractivity contribution is -0.132. The second-order valence-corrected chi connectivity index (χ2v) is 7.66. The van der Waals surface area contributed by atoms with E-state index in [2.05, 4.69) is 11.1 Å². The number of rotatable bonds is 4. The quantitative estimate of drug-likeness (QED) is 0.882. The van der Waals surface area contributed by atoms with Gasteiger partial charge >= 0.3 is 0 Å². The van der Waals surface area contributed by atoms with Gasteiger partial charge in [0.05, 0.1) is 6.61 Å². The fraction of sp³-hybridized carbons (Fsp3) is 0.333. The third kappa shape index (κ3) is 3.67. The zero-order valence-corrected chi connectivity index (χ0v) is 16.0. The standard InChI is InChI=1S/C21H22N2O3S/c1-2-26-16-8-7-14-9-10-23(12-15(14)11-16)21(25)18-13-27-20(22-18)17-5-3-4-6-19(17)24/h3-8,11,18,24H,2,9-10,12-13H2,1H3. The van der Waals surface area contributed by atoms with E-state index in [0.29, 0.717) is 31.0 Å². The van der Waals surface area contributed by atoms with E-state index in [1.54, 1.807) is 12.1 Å². The number of aromatic hydroxyl groups is 1. The van der Waals surface area contributed by atoms with Crippen molar-refractivity contribution in [1.82, 2.24) is 4.90 Å². The summed E-state index contributed by atoms with van der Waals surface area (Å²) in [5.41, 5.74) is 3.13. The topological polar surface area (TPSA) is 62.1 Å². The third-order valence-corrected chi connectivity index (χ3v) is 5.96. The van der Waals surface area contributed by atoms with E-state index in [9.17, 15) is 9.90 Å². The van der Waals surface area contributed by atoms with E-state index < -0.39 is 0 Å². The predicted molar refractivity (Wildman–Crippen MR) is 108 cm³/mol. The SMILES string of the molecule is CCOc1ccc2c(c1)CN(C(=O)C1CSC(c3ccccc3O)=N1)CC2. The highest BCUT2D eigenvalue weighted by molar-refractivity contribution is 8.14. The van der Waals surface area contributed by atoms with Gasteiger partial charge in [-0.25, -0.2) is 0 Å². The first-order valence-corrected chi connectivity index (χ1v) is 10.2. The molecule has 140 valence electrons. The zero-order valence-electron chi connectivity index (χ0n) is 15.2. The van der Waals surface area contributed by atoms with Crippen LogP contribution in [0.25, 0.3) is 0 Å². The molecule has 0 aliphatic carbocycles. The van der Waals surface area contributed by atoms with Crippen LogP contribution in [0.2, 0.25) is 0 Å². The molecule has 2 aromatic rings. The molecule has 1 N–H and O–H groups in total. The number of ether oxygens (including phenoxy) is 1. The Morgan fingerprint density at radius 1 is 1.30 bits per heavy atom. The van der Waals surface area contributed by atoms with E-state index in [-0.39, 0.29) is 17.7 Å². The lowest BCUT2D eigenvalue weighted by Gasteiger charge is -2.30. The smallest absolute Gasteiger partial charge is 0.248 e. The first kappa shape index (κ1) is 17.9. The molecule has 0 saturated heterocycles. The third-order valence-electron chi connectivity index (χ3n) is 4.88. The van der Waals surface area contributed by atoms with Crippen LogP contribution in [0.5, 0.6) is 11.5 Å². The number of nitrogens with zero attached hydrogens (tertiary/aromatic N) is 2. The summed E-state index contributed by atoms with van der Waals surface area (Å²) in [6.07, 6.45) is 0.851. The highest BCUT2D eigenvalue weighted by Crippen LogP contribution is 2.30. The number of aliphatic imine (C=N–C) groups is 1. The first-order chi connectivity index (χ1) is 13.2. The molecule has 2 heterocycles. The van der Waals surface area contributed by atoms with Crippen LogP contribution in [-0.4, -0.2) is 45.9 Å². The Balaban J connectivity index is 1.49. The molecule has 0 fully saturated rings. The van der Waals surface area contributed by atoms with Crippen molar-refractivity contribution in [1.29, 1.82) is 0 Å². The number of para-hydroxylation sites is 1. The Morgan fingerprint density at radius 3 is 2.96 bits per heavy atom. The summed E-state index contributed by atoms with van der Waals surface area (Å²) in [7, 11) is 0. The second-order valence-electron chi connectivity index (χ2n) is 6.65. The van der Waals surface area contributed by atoms with Gasteiger partial charge in [0.25, 0.3) is 0 Å². The highest BCUT2D eigenvalue weighted by atomic mass is 32.2. The van der Waals surface area contributed by atoms with Gasteiger partial charge in [0.2, 0.25) is 5.91 Å². The molecular formula is C21H22N2O3S. The molecule has 2 aliphatic rings. The van der Waals surface area contributed by atoms with Gasteiger partial charge < -0.3 is 14.7 Å². The number of benzene rings is 2. The number of thioether (sulfide) groups is 1. The molecule has 2 aromatic carbocycles. The minimum absolute atomic E-state index is 0.0559. The number of hydrogen-bond acceptors (Lipinski definition) is 5. The molecule has 1 unspecified atom stereocenters. The van der Waals surface area contributed by atoms with Crippen molar-refractivity contribution >= 4 is 22.7 Å². The summed E-state index contributed by atoms with van der Waals surface area (Å²) in [6, 6.07) is 12.9. The molecule has 5 nitrogen and oxygen atoms in total. The fourth-order valence-corrected chi connectivity index (χ4v) is 4.55. The Morgan fingerprint density at radius 2 is 2.15 bits per heavy atom. The maximum Gasteiger partial charge on any atom is 0.248 e. The predicted octanol–water partition coefficient (Wildman–Crippen LogP) is 3.24. The molecule has 1 amide bonds. The van der Waals surface area contributed by atoms with Gasteiger partial charge in [-0.1, -0.05) is 18.2 Å². The number of fused-ring (bicyclic) bond motifs is 1.